The molecule has 0 aromatic carbocycles. The predicted octanol–water partition coefficient (Wildman–Crippen LogP) is 1.82. The number of amides is 3. The van der Waals surface area contributed by atoms with E-state index >= 15 is 0 Å². The Morgan fingerprint density at radius 2 is 1.68 bits per heavy atom. The molecular weight excluding hydrogens is 322 g/mol. The van der Waals surface area contributed by atoms with Crippen LogP contribution in [0.15, 0.2) is 12.7 Å². The van der Waals surface area contributed by atoms with Crippen molar-refractivity contribution < 1.29 is 19.6 Å². The number of nitrogens with zero attached hydrogens (tertiary/aromatic N) is 2. The van der Waals surface area contributed by atoms with Gasteiger partial charge in [-0.05, 0) is 11.3 Å². The van der Waals surface area contributed by atoms with E-state index in [1.54, 1.807) is 6.08 Å². The van der Waals surface area contributed by atoms with Crippen molar-refractivity contribution >= 4 is 17.7 Å². The summed E-state index contributed by atoms with van der Waals surface area (Å²) in [6, 6.07) is -0.681. The van der Waals surface area contributed by atoms with E-state index in [4.69, 9.17) is 0 Å². The van der Waals surface area contributed by atoms with E-state index in [1.165, 1.54) is 11.9 Å². The lowest BCUT2D eigenvalue weighted by Gasteiger charge is -2.38. The fraction of sp³-hybridized carbons (Fsp3) is 0.722. The number of hydrogen-bond acceptors (Lipinski definition) is 4. The summed E-state index contributed by atoms with van der Waals surface area (Å²) in [5.41, 5.74) is -0.483. The molecule has 0 spiro atoms. The molecule has 0 saturated carbocycles. The summed E-state index contributed by atoms with van der Waals surface area (Å²) in [6.07, 6.45) is 1.37. The third-order valence-electron chi connectivity index (χ3n) is 3.65. The Morgan fingerprint density at radius 3 is 2.08 bits per heavy atom. The van der Waals surface area contributed by atoms with Gasteiger partial charge in [-0.1, -0.05) is 40.7 Å². The molecule has 1 unspecified atom stereocenters. The third-order valence-corrected chi connectivity index (χ3v) is 3.65. The lowest BCUT2D eigenvalue weighted by molar-refractivity contribution is -0.168. The van der Waals surface area contributed by atoms with Crippen molar-refractivity contribution in [3.05, 3.63) is 12.7 Å². The van der Waals surface area contributed by atoms with Gasteiger partial charge in [-0.25, -0.2) is 5.06 Å². The maximum absolute atomic E-state index is 12.6. The molecule has 0 aliphatic rings. The molecule has 1 atom stereocenters. The fourth-order valence-corrected chi connectivity index (χ4v) is 2.56. The maximum atomic E-state index is 12.6. The van der Waals surface area contributed by atoms with Gasteiger partial charge in [-0.3, -0.25) is 19.6 Å². The number of rotatable bonds is 9. The number of likely N-dealkylation sites (N-methyl/N-ethyl adjacent to an activating group) is 1. The Morgan fingerprint density at radius 1 is 1.16 bits per heavy atom. The van der Waals surface area contributed by atoms with Gasteiger partial charge < -0.3 is 10.2 Å². The van der Waals surface area contributed by atoms with E-state index in [1.807, 2.05) is 34.6 Å². The van der Waals surface area contributed by atoms with E-state index in [2.05, 4.69) is 11.9 Å². The standard InChI is InChI=1S/C18H33N3O4/c1-8-11-20(16(17(24)19-7)18(4,5)6)14(22)9-10-15(23)21(25)12-13(2)3/h8,13,16,25H,1,9-12H2,2-7H3,(H,19,24). The Balaban J connectivity index is 5.13. The lowest BCUT2D eigenvalue weighted by Crippen LogP contribution is -2.55. The Hall–Kier alpha value is -1.89. The average Bonchev–Trinajstić information content (AvgIpc) is 2.49. The normalized spacial score (nSPS) is 12.5. The largest absolute Gasteiger partial charge is 0.357 e. The van der Waals surface area contributed by atoms with Crippen LogP contribution in [0.1, 0.15) is 47.5 Å². The molecule has 7 heteroatoms. The molecule has 0 aromatic rings. The van der Waals surface area contributed by atoms with Crippen LogP contribution in [0.3, 0.4) is 0 Å². The molecule has 0 heterocycles. The first-order valence-electron chi connectivity index (χ1n) is 8.56. The number of carbonyl (C=O) groups is 3. The Kier molecular flexibility index (Phi) is 9.41. The first kappa shape index (κ1) is 23.1. The second-order valence-electron chi connectivity index (χ2n) is 7.59. The molecule has 0 aromatic heterocycles. The maximum Gasteiger partial charge on any atom is 0.246 e. The van der Waals surface area contributed by atoms with Crippen LogP contribution in [0.4, 0.5) is 0 Å². The topological polar surface area (TPSA) is 90.0 Å². The van der Waals surface area contributed by atoms with E-state index in [9.17, 15) is 19.6 Å². The summed E-state index contributed by atoms with van der Waals surface area (Å²) in [6.45, 7) is 13.5. The van der Waals surface area contributed by atoms with Crippen molar-refractivity contribution in [3.8, 4) is 0 Å². The summed E-state index contributed by atoms with van der Waals surface area (Å²) in [5, 5.41) is 12.9. The van der Waals surface area contributed by atoms with Gasteiger partial charge in [0.15, 0.2) is 0 Å². The third kappa shape index (κ3) is 7.69. The van der Waals surface area contributed by atoms with E-state index < -0.39 is 17.4 Å². The molecule has 25 heavy (non-hydrogen) atoms. The molecule has 7 nitrogen and oxygen atoms in total. The monoisotopic (exact) mass is 355 g/mol. The van der Waals surface area contributed by atoms with E-state index in [-0.39, 0.29) is 43.7 Å². The molecule has 0 aliphatic carbocycles. The van der Waals surface area contributed by atoms with Gasteiger partial charge in [0, 0.05) is 26.4 Å². The number of carbonyl (C=O) groups excluding carboxylic acids is 3. The molecule has 0 saturated heterocycles. The van der Waals surface area contributed by atoms with Gasteiger partial charge in [0.25, 0.3) is 0 Å². The Bertz CT molecular complexity index is 483. The second-order valence-corrected chi connectivity index (χ2v) is 7.59. The minimum atomic E-state index is -0.681. The van der Waals surface area contributed by atoms with Crippen molar-refractivity contribution in [2.75, 3.05) is 20.1 Å². The fourth-order valence-electron chi connectivity index (χ4n) is 2.56. The highest BCUT2D eigenvalue weighted by atomic mass is 16.5. The molecule has 0 aliphatic heterocycles. The van der Waals surface area contributed by atoms with Crippen LogP contribution in [0.25, 0.3) is 0 Å². The van der Waals surface area contributed by atoms with Crippen molar-refractivity contribution in [1.29, 1.82) is 0 Å². The minimum Gasteiger partial charge on any atom is -0.357 e. The quantitative estimate of drug-likeness (QED) is 0.375. The number of nitrogens with one attached hydrogen (secondary N) is 1. The highest BCUT2D eigenvalue weighted by Crippen LogP contribution is 2.25. The molecule has 2 N–H and O–H groups in total. The second kappa shape index (κ2) is 10.2. The van der Waals surface area contributed by atoms with Gasteiger partial charge in [-0.15, -0.1) is 6.58 Å². The van der Waals surface area contributed by atoms with Crippen molar-refractivity contribution in [3.63, 3.8) is 0 Å². The summed E-state index contributed by atoms with van der Waals surface area (Å²) < 4.78 is 0. The zero-order valence-corrected chi connectivity index (χ0v) is 16.3. The van der Waals surface area contributed by atoms with Crippen molar-refractivity contribution in [2.45, 2.75) is 53.5 Å². The minimum absolute atomic E-state index is 0.0780. The van der Waals surface area contributed by atoms with Gasteiger partial charge in [0.2, 0.25) is 17.7 Å². The lowest BCUT2D eigenvalue weighted by atomic mass is 9.84. The van der Waals surface area contributed by atoms with Crippen LogP contribution in [-0.2, 0) is 14.4 Å². The van der Waals surface area contributed by atoms with Crippen LogP contribution in [0, 0.1) is 11.3 Å². The van der Waals surface area contributed by atoms with Crippen LogP contribution in [0.5, 0.6) is 0 Å². The molecule has 144 valence electrons. The molecule has 0 fully saturated rings. The van der Waals surface area contributed by atoms with E-state index in [0.29, 0.717) is 5.06 Å². The van der Waals surface area contributed by atoms with Gasteiger partial charge in [-0.2, -0.15) is 0 Å². The van der Waals surface area contributed by atoms with Crippen LogP contribution in [0.2, 0.25) is 0 Å². The number of hydrogen-bond donors (Lipinski definition) is 2. The molecule has 3 amide bonds. The Labute approximate surface area is 151 Å². The van der Waals surface area contributed by atoms with Crippen LogP contribution < -0.4 is 5.32 Å². The predicted molar refractivity (Wildman–Crippen MR) is 96.8 cm³/mol. The number of hydroxylamine groups is 2. The van der Waals surface area contributed by atoms with Crippen LogP contribution in [-0.4, -0.2) is 59.1 Å². The van der Waals surface area contributed by atoms with Gasteiger partial charge in [0.1, 0.15) is 6.04 Å². The summed E-state index contributed by atoms with van der Waals surface area (Å²) >= 11 is 0. The molecule has 0 rings (SSSR count). The van der Waals surface area contributed by atoms with Crippen molar-refractivity contribution in [2.24, 2.45) is 11.3 Å². The highest BCUT2D eigenvalue weighted by Gasteiger charge is 2.38. The SMILES string of the molecule is C=CCN(C(=O)CCC(=O)N(O)CC(C)C)C(C(=O)NC)C(C)(C)C. The summed E-state index contributed by atoms with van der Waals surface area (Å²) in [5.74, 6) is -0.972. The van der Waals surface area contributed by atoms with Crippen molar-refractivity contribution in [1.82, 2.24) is 15.3 Å². The van der Waals surface area contributed by atoms with Gasteiger partial charge >= 0.3 is 0 Å². The first-order chi connectivity index (χ1) is 11.4. The summed E-state index contributed by atoms with van der Waals surface area (Å²) in [7, 11) is 1.52. The zero-order chi connectivity index (χ0) is 19.8. The molecule has 0 radical (unpaired) electrons. The highest BCUT2D eigenvalue weighted by molar-refractivity contribution is 5.89. The smallest absolute Gasteiger partial charge is 0.246 e. The first-order valence-corrected chi connectivity index (χ1v) is 8.56. The molecular formula is C18H33N3O4. The van der Waals surface area contributed by atoms with Gasteiger partial charge in [0.05, 0.1) is 6.54 Å². The molecule has 0 bridgehead atoms. The summed E-state index contributed by atoms with van der Waals surface area (Å²) in [4.78, 5) is 38.3. The van der Waals surface area contributed by atoms with Crippen LogP contribution >= 0.6 is 0 Å². The zero-order valence-electron chi connectivity index (χ0n) is 16.3. The average molecular weight is 355 g/mol. The van der Waals surface area contributed by atoms with E-state index in [0.717, 1.165) is 0 Å².